The Balaban J connectivity index is 2.57. The van der Waals surface area contributed by atoms with Gasteiger partial charge in [-0.2, -0.15) is 8.75 Å². The number of aryl methyl sites for hydroxylation is 1. The first-order valence-electron chi connectivity index (χ1n) is 3.41. The minimum atomic E-state index is 0.533. The molecule has 0 unspecified atom stereocenters. The second-order valence-electron chi connectivity index (χ2n) is 2.43. The van der Waals surface area contributed by atoms with Crippen LogP contribution in [0.4, 0.5) is 5.82 Å². The summed E-state index contributed by atoms with van der Waals surface area (Å²) in [5.74, 6) is 0.533. The largest absolute Gasteiger partial charge is 0.381 e. The van der Waals surface area contributed by atoms with Crippen LogP contribution in [0.1, 0.15) is 5.56 Å². The van der Waals surface area contributed by atoms with Crippen molar-refractivity contribution >= 4 is 28.9 Å². The van der Waals surface area contributed by atoms with E-state index in [0.717, 1.165) is 22.3 Å². The average molecular weight is 197 g/mol. The molecule has 0 amide bonds. The van der Waals surface area contributed by atoms with Crippen LogP contribution in [-0.4, -0.2) is 8.75 Å². The maximum atomic E-state index is 5.64. The highest BCUT2D eigenvalue weighted by Gasteiger charge is 2.10. The molecular formula is C7H7N3S2. The molecule has 2 aromatic heterocycles. The summed E-state index contributed by atoms with van der Waals surface area (Å²) in [6, 6.07) is 2.05. The lowest BCUT2D eigenvalue weighted by atomic mass is 10.2. The molecule has 12 heavy (non-hydrogen) atoms. The van der Waals surface area contributed by atoms with Crippen molar-refractivity contribution in [1.29, 1.82) is 0 Å². The molecule has 0 radical (unpaired) electrons. The highest BCUT2D eigenvalue weighted by atomic mass is 32.1. The number of nitrogen functional groups attached to an aromatic ring is 1. The van der Waals surface area contributed by atoms with Crippen molar-refractivity contribution in [2.24, 2.45) is 0 Å². The van der Waals surface area contributed by atoms with Crippen molar-refractivity contribution in [3.05, 3.63) is 17.0 Å². The van der Waals surface area contributed by atoms with E-state index >= 15 is 0 Å². The van der Waals surface area contributed by atoms with Crippen molar-refractivity contribution < 1.29 is 0 Å². The predicted octanol–water partition coefficient (Wildman–Crippen LogP) is 2.16. The van der Waals surface area contributed by atoms with Crippen molar-refractivity contribution in [1.82, 2.24) is 8.75 Å². The zero-order valence-electron chi connectivity index (χ0n) is 6.44. The maximum Gasteiger partial charge on any atom is 0.166 e. The van der Waals surface area contributed by atoms with Crippen molar-refractivity contribution in [3.8, 4) is 10.6 Å². The molecular weight excluding hydrogens is 190 g/mol. The zero-order valence-corrected chi connectivity index (χ0v) is 8.08. The Hall–Kier alpha value is -0.940. The van der Waals surface area contributed by atoms with Gasteiger partial charge in [0, 0.05) is 0 Å². The molecule has 0 atom stereocenters. The molecule has 0 saturated carbocycles. The Morgan fingerprint density at radius 1 is 1.42 bits per heavy atom. The van der Waals surface area contributed by atoms with E-state index in [9.17, 15) is 0 Å². The van der Waals surface area contributed by atoms with Crippen LogP contribution in [0.5, 0.6) is 0 Å². The Morgan fingerprint density at radius 2 is 2.25 bits per heavy atom. The highest BCUT2D eigenvalue weighted by molar-refractivity contribution is 7.14. The van der Waals surface area contributed by atoms with Gasteiger partial charge in [0.2, 0.25) is 0 Å². The fourth-order valence-electron chi connectivity index (χ4n) is 0.968. The summed E-state index contributed by atoms with van der Waals surface area (Å²) < 4.78 is 8.06. The topological polar surface area (TPSA) is 51.8 Å². The molecule has 0 aliphatic rings. The number of nitrogens with zero attached hydrogens (tertiary/aromatic N) is 2. The van der Waals surface area contributed by atoms with Gasteiger partial charge in [-0.05, 0) is 23.9 Å². The van der Waals surface area contributed by atoms with Crippen molar-refractivity contribution in [2.75, 3.05) is 5.73 Å². The van der Waals surface area contributed by atoms with Crippen LogP contribution in [0.15, 0.2) is 11.4 Å². The van der Waals surface area contributed by atoms with E-state index in [1.165, 1.54) is 5.56 Å². The highest BCUT2D eigenvalue weighted by Crippen LogP contribution is 2.31. The van der Waals surface area contributed by atoms with Gasteiger partial charge < -0.3 is 5.73 Å². The number of rotatable bonds is 1. The Bertz CT molecular complexity index is 353. The van der Waals surface area contributed by atoms with Crippen molar-refractivity contribution in [3.63, 3.8) is 0 Å². The summed E-state index contributed by atoms with van der Waals surface area (Å²) >= 11 is 2.80. The van der Waals surface area contributed by atoms with E-state index in [4.69, 9.17) is 5.73 Å². The van der Waals surface area contributed by atoms with Crippen LogP contribution in [0, 0.1) is 6.92 Å². The van der Waals surface area contributed by atoms with E-state index < -0.39 is 0 Å². The minimum absolute atomic E-state index is 0.533. The van der Waals surface area contributed by atoms with Gasteiger partial charge in [-0.15, -0.1) is 11.3 Å². The van der Waals surface area contributed by atoms with Crippen LogP contribution in [-0.2, 0) is 0 Å². The van der Waals surface area contributed by atoms with Crippen LogP contribution in [0.3, 0.4) is 0 Å². The first-order chi connectivity index (χ1) is 5.79. The van der Waals surface area contributed by atoms with Crippen LogP contribution >= 0.6 is 23.1 Å². The summed E-state index contributed by atoms with van der Waals surface area (Å²) in [5.41, 5.74) is 7.68. The number of anilines is 1. The first-order valence-corrected chi connectivity index (χ1v) is 5.02. The van der Waals surface area contributed by atoms with Gasteiger partial charge in [0.05, 0.1) is 16.6 Å². The SMILES string of the molecule is Cc1ccsc1-c1nsnc1N. The van der Waals surface area contributed by atoms with Crippen molar-refractivity contribution in [2.45, 2.75) is 6.92 Å². The molecule has 0 spiro atoms. The fourth-order valence-corrected chi connectivity index (χ4v) is 2.43. The number of hydrogen-bond donors (Lipinski definition) is 1. The molecule has 2 heterocycles. The molecule has 0 saturated heterocycles. The Morgan fingerprint density at radius 3 is 2.75 bits per heavy atom. The third-order valence-electron chi connectivity index (χ3n) is 1.59. The lowest BCUT2D eigenvalue weighted by Crippen LogP contribution is -1.87. The summed E-state index contributed by atoms with van der Waals surface area (Å²) in [4.78, 5) is 1.13. The van der Waals surface area contributed by atoms with E-state index in [2.05, 4.69) is 14.8 Å². The molecule has 0 bridgehead atoms. The van der Waals surface area contributed by atoms with E-state index in [1.54, 1.807) is 11.3 Å². The maximum absolute atomic E-state index is 5.64. The summed E-state index contributed by atoms with van der Waals surface area (Å²) in [6.45, 7) is 2.05. The molecule has 5 heteroatoms. The van der Waals surface area contributed by atoms with Gasteiger partial charge in [0.15, 0.2) is 5.82 Å². The average Bonchev–Trinajstić information content (AvgIpc) is 2.59. The summed E-state index contributed by atoms with van der Waals surface area (Å²) in [6.07, 6.45) is 0. The molecule has 2 N–H and O–H groups in total. The number of aromatic nitrogens is 2. The fraction of sp³-hybridized carbons (Fsp3) is 0.143. The van der Waals surface area contributed by atoms with Gasteiger partial charge >= 0.3 is 0 Å². The van der Waals surface area contributed by atoms with Crippen LogP contribution < -0.4 is 5.73 Å². The van der Waals surface area contributed by atoms with Gasteiger partial charge in [0.25, 0.3) is 0 Å². The quantitative estimate of drug-likeness (QED) is 0.762. The second kappa shape index (κ2) is 2.84. The number of thiophene rings is 1. The monoisotopic (exact) mass is 197 g/mol. The predicted molar refractivity (Wildman–Crippen MR) is 52.4 cm³/mol. The third kappa shape index (κ3) is 1.11. The lowest BCUT2D eigenvalue weighted by Gasteiger charge is -1.93. The molecule has 62 valence electrons. The molecule has 2 aromatic rings. The second-order valence-corrected chi connectivity index (χ2v) is 3.88. The molecule has 0 aliphatic heterocycles. The van der Waals surface area contributed by atoms with Gasteiger partial charge in [-0.25, -0.2) is 0 Å². The lowest BCUT2D eigenvalue weighted by molar-refractivity contribution is 1.47. The van der Waals surface area contributed by atoms with Crippen LogP contribution in [0.25, 0.3) is 10.6 Å². The Labute approximate surface area is 78.2 Å². The summed E-state index contributed by atoms with van der Waals surface area (Å²) in [7, 11) is 0. The molecule has 0 aliphatic carbocycles. The standard InChI is InChI=1S/C7H7N3S2/c1-4-2-3-11-6(4)5-7(8)10-12-9-5/h2-3H,1H3,(H2,8,10). The Kier molecular flexibility index (Phi) is 1.82. The summed E-state index contributed by atoms with van der Waals surface area (Å²) in [5, 5.41) is 2.03. The molecule has 2 rings (SSSR count). The van der Waals surface area contributed by atoms with Gasteiger partial charge in [0.1, 0.15) is 5.69 Å². The molecule has 0 aromatic carbocycles. The zero-order chi connectivity index (χ0) is 8.55. The smallest absolute Gasteiger partial charge is 0.166 e. The normalized spacial score (nSPS) is 10.4. The van der Waals surface area contributed by atoms with E-state index in [0.29, 0.717) is 5.82 Å². The number of hydrogen-bond acceptors (Lipinski definition) is 5. The molecule has 3 nitrogen and oxygen atoms in total. The van der Waals surface area contributed by atoms with Crippen LogP contribution in [0.2, 0.25) is 0 Å². The van der Waals surface area contributed by atoms with E-state index in [1.807, 2.05) is 12.3 Å². The van der Waals surface area contributed by atoms with E-state index in [-0.39, 0.29) is 0 Å². The number of nitrogens with two attached hydrogens (primary N) is 1. The third-order valence-corrected chi connectivity index (χ3v) is 3.16. The molecule has 0 fully saturated rings. The minimum Gasteiger partial charge on any atom is -0.381 e. The van der Waals surface area contributed by atoms with Gasteiger partial charge in [-0.1, -0.05) is 0 Å². The first kappa shape index (κ1) is 7.70. The van der Waals surface area contributed by atoms with Gasteiger partial charge in [-0.3, -0.25) is 0 Å².